The lowest BCUT2D eigenvalue weighted by Gasteiger charge is -2.27. The van der Waals surface area contributed by atoms with Gasteiger partial charge in [0.2, 0.25) is 15.4 Å². The van der Waals surface area contributed by atoms with Crippen molar-refractivity contribution < 1.29 is 13.2 Å². The number of carbonyl (C=O) groups excluding carboxylic acids is 1. The van der Waals surface area contributed by atoms with E-state index in [0.29, 0.717) is 0 Å². The average molecular weight is 319 g/mol. The van der Waals surface area contributed by atoms with Crippen molar-refractivity contribution in [1.82, 2.24) is 14.9 Å². The van der Waals surface area contributed by atoms with Gasteiger partial charge in [-0.25, -0.2) is 13.1 Å². The third-order valence-corrected chi connectivity index (χ3v) is 6.01. The molecule has 1 aromatic heterocycles. The number of aromatic nitrogens is 2. The molecule has 4 N–H and O–H groups in total. The summed E-state index contributed by atoms with van der Waals surface area (Å²) in [5.74, 6) is -0.327. The number of sulfonamides is 1. The predicted octanol–water partition coefficient (Wildman–Crippen LogP) is 0.0463. The topological polar surface area (TPSA) is 127 Å². The van der Waals surface area contributed by atoms with Gasteiger partial charge in [-0.1, -0.05) is 24.2 Å². The number of rotatable bonds is 5. The van der Waals surface area contributed by atoms with Crippen LogP contribution in [0.25, 0.3) is 0 Å². The van der Waals surface area contributed by atoms with Gasteiger partial charge >= 0.3 is 0 Å². The number of nitrogens with two attached hydrogens (primary N) is 1. The lowest BCUT2D eigenvalue weighted by Crippen LogP contribution is -2.51. The molecule has 0 bridgehead atoms. The van der Waals surface area contributed by atoms with Crippen molar-refractivity contribution in [2.45, 2.75) is 42.5 Å². The van der Waals surface area contributed by atoms with E-state index in [1.54, 1.807) is 0 Å². The third-order valence-electron chi connectivity index (χ3n) is 3.22. The molecule has 1 aliphatic rings. The van der Waals surface area contributed by atoms with Crippen molar-refractivity contribution in [2.75, 3.05) is 11.9 Å². The number of nitrogens with one attached hydrogen (secondary N) is 2. The van der Waals surface area contributed by atoms with E-state index in [-0.39, 0.29) is 21.9 Å². The Morgan fingerprint density at radius 2 is 2.05 bits per heavy atom. The quantitative estimate of drug-likeness (QED) is 0.658. The van der Waals surface area contributed by atoms with E-state index < -0.39 is 15.6 Å². The summed E-state index contributed by atoms with van der Waals surface area (Å²) in [5, 5.41) is 9.80. The summed E-state index contributed by atoms with van der Waals surface area (Å²) in [7, 11) is -3.77. The van der Waals surface area contributed by atoms with Crippen molar-refractivity contribution in [3.8, 4) is 0 Å². The van der Waals surface area contributed by atoms with Crippen LogP contribution in [0, 0.1) is 0 Å². The highest BCUT2D eigenvalue weighted by Gasteiger charge is 2.38. The Balaban J connectivity index is 2.17. The molecule has 8 nitrogen and oxygen atoms in total. The summed E-state index contributed by atoms with van der Waals surface area (Å²) in [6.07, 6.45) is 3.35. The van der Waals surface area contributed by atoms with Crippen molar-refractivity contribution in [3.05, 3.63) is 0 Å². The fraction of sp³-hybridized carbons (Fsp3) is 0.700. The first-order valence-corrected chi connectivity index (χ1v) is 8.52. The Kier molecular flexibility index (Phi) is 4.37. The summed E-state index contributed by atoms with van der Waals surface area (Å²) >= 11 is 0.815. The second kappa shape index (κ2) is 5.72. The number of anilines is 1. The van der Waals surface area contributed by atoms with Crippen LogP contribution in [0.4, 0.5) is 5.13 Å². The molecule has 0 radical (unpaired) electrons. The largest absolute Gasteiger partial charge is 0.329 e. The Bertz CT molecular complexity index is 592. The van der Waals surface area contributed by atoms with Crippen molar-refractivity contribution in [3.63, 3.8) is 0 Å². The van der Waals surface area contributed by atoms with Crippen LogP contribution >= 0.6 is 11.3 Å². The van der Waals surface area contributed by atoms with Crippen LogP contribution in [0.15, 0.2) is 4.34 Å². The summed E-state index contributed by atoms with van der Waals surface area (Å²) in [4.78, 5) is 10.9. The van der Waals surface area contributed by atoms with E-state index in [9.17, 15) is 13.2 Å². The molecule has 0 atom stereocenters. The van der Waals surface area contributed by atoms with Gasteiger partial charge in [0.1, 0.15) is 0 Å². The van der Waals surface area contributed by atoms with E-state index in [4.69, 9.17) is 5.73 Å². The van der Waals surface area contributed by atoms with Gasteiger partial charge in [-0.2, -0.15) is 0 Å². The molecular weight excluding hydrogens is 302 g/mol. The molecular formula is C10H17N5O3S2. The smallest absolute Gasteiger partial charge is 0.270 e. The standard InChI is InChI=1S/C10H17N5O3S2/c1-7(16)12-8-13-14-9(19-8)20(17,18)15-10(6-11)4-2-3-5-10/h15H,2-6,11H2,1H3,(H,12,13,16). The number of amides is 1. The molecule has 1 heterocycles. The summed E-state index contributed by atoms with van der Waals surface area (Å²) in [6.45, 7) is 1.57. The van der Waals surface area contributed by atoms with Crippen LogP contribution < -0.4 is 15.8 Å². The molecule has 2 rings (SSSR count). The maximum absolute atomic E-state index is 12.3. The van der Waals surface area contributed by atoms with Crippen LogP contribution in [-0.4, -0.2) is 36.6 Å². The Hall–Kier alpha value is -1.10. The molecule has 1 saturated carbocycles. The fourth-order valence-corrected chi connectivity index (χ4v) is 4.67. The molecule has 0 spiro atoms. The fourth-order valence-electron chi connectivity index (χ4n) is 2.25. The van der Waals surface area contributed by atoms with Crippen LogP contribution in [0.3, 0.4) is 0 Å². The molecule has 1 amide bonds. The van der Waals surface area contributed by atoms with Crippen LogP contribution in [0.2, 0.25) is 0 Å². The first-order valence-electron chi connectivity index (χ1n) is 6.22. The van der Waals surface area contributed by atoms with Crippen LogP contribution in [0.5, 0.6) is 0 Å². The van der Waals surface area contributed by atoms with Gasteiger partial charge < -0.3 is 11.1 Å². The Morgan fingerprint density at radius 1 is 1.40 bits per heavy atom. The highest BCUT2D eigenvalue weighted by molar-refractivity contribution is 7.91. The normalized spacial score (nSPS) is 18.1. The van der Waals surface area contributed by atoms with Gasteiger partial charge in [-0.3, -0.25) is 4.79 Å². The minimum absolute atomic E-state index is 0.158. The van der Waals surface area contributed by atoms with Crippen LogP contribution in [-0.2, 0) is 14.8 Å². The molecule has 1 aromatic rings. The molecule has 1 fully saturated rings. The zero-order chi connectivity index (χ0) is 14.8. The predicted molar refractivity (Wildman–Crippen MR) is 74.8 cm³/mol. The first-order chi connectivity index (χ1) is 9.37. The summed E-state index contributed by atoms with van der Waals surface area (Å²) in [6, 6.07) is 0. The molecule has 1 aliphatic carbocycles. The van der Waals surface area contributed by atoms with E-state index in [1.165, 1.54) is 6.92 Å². The highest BCUT2D eigenvalue weighted by Crippen LogP contribution is 2.31. The second-order valence-corrected chi connectivity index (χ2v) is 7.69. The Morgan fingerprint density at radius 3 is 2.60 bits per heavy atom. The number of carbonyl (C=O) groups is 1. The molecule has 112 valence electrons. The molecule has 0 saturated heterocycles. The monoisotopic (exact) mass is 319 g/mol. The maximum atomic E-state index is 12.3. The molecule has 0 aliphatic heterocycles. The first kappa shape index (κ1) is 15.3. The van der Waals surface area contributed by atoms with Crippen LogP contribution in [0.1, 0.15) is 32.6 Å². The number of hydrogen-bond donors (Lipinski definition) is 3. The molecule has 20 heavy (non-hydrogen) atoms. The second-order valence-electron chi connectivity index (χ2n) is 4.85. The van der Waals surface area contributed by atoms with E-state index >= 15 is 0 Å². The van der Waals surface area contributed by atoms with Gasteiger partial charge in [0.05, 0.1) is 0 Å². The third kappa shape index (κ3) is 3.32. The maximum Gasteiger partial charge on any atom is 0.270 e. The van der Waals surface area contributed by atoms with Gasteiger partial charge in [-0.05, 0) is 12.8 Å². The number of hydrogen-bond acceptors (Lipinski definition) is 7. The minimum atomic E-state index is -3.77. The molecule has 0 aromatic carbocycles. The van der Waals surface area contributed by atoms with Crippen molar-refractivity contribution in [1.29, 1.82) is 0 Å². The minimum Gasteiger partial charge on any atom is -0.329 e. The average Bonchev–Trinajstić information content (AvgIpc) is 2.98. The molecule has 0 unspecified atom stereocenters. The lowest BCUT2D eigenvalue weighted by atomic mass is 10.0. The van der Waals surface area contributed by atoms with Gasteiger partial charge in [-0.15, -0.1) is 10.2 Å². The van der Waals surface area contributed by atoms with Gasteiger partial charge in [0.15, 0.2) is 0 Å². The summed E-state index contributed by atoms with van der Waals surface area (Å²) < 4.78 is 27.0. The zero-order valence-electron chi connectivity index (χ0n) is 11.0. The van der Waals surface area contributed by atoms with Gasteiger partial charge in [0.25, 0.3) is 10.0 Å². The van der Waals surface area contributed by atoms with E-state index in [1.807, 2.05) is 0 Å². The molecule has 10 heteroatoms. The van der Waals surface area contributed by atoms with Crippen molar-refractivity contribution >= 4 is 32.4 Å². The zero-order valence-corrected chi connectivity index (χ0v) is 12.7. The lowest BCUT2D eigenvalue weighted by molar-refractivity contribution is -0.114. The highest BCUT2D eigenvalue weighted by atomic mass is 32.2. The van der Waals surface area contributed by atoms with Gasteiger partial charge in [0, 0.05) is 19.0 Å². The summed E-state index contributed by atoms with van der Waals surface area (Å²) in [5.41, 5.74) is 5.12. The SMILES string of the molecule is CC(=O)Nc1nnc(S(=O)(=O)NC2(CN)CCCC2)s1. The van der Waals surface area contributed by atoms with Crippen molar-refractivity contribution in [2.24, 2.45) is 5.73 Å². The number of nitrogens with zero attached hydrogens (tertiary/aromatic N) is 2. The Labute approximate surface area is 121 Å². The van der Waals surface area contributed by atoms with E-state index in [2.05, 4.69) is 20.2 Å². The van der Waals surface area contributed by atoms with E-state index in [0.717, 1.165) is 37.0 Å².